The van der Waals surface area contributed by atoms with Crippen molar-refractivity contribution >= 4 is 0 Å². The molecule has 1 heterocycles. The zero-order chi connectivity index (χ0) is 14.6. The molecule has 112 valence electrons. The first-order chi connectivity index (χ1) is 9.46. The van der Waals surface area contributed by atoms with Crippen LogP contribution in [0.15, 0.2) is 18.2 Å². The van der Waals surface area contributed by atoms with Gasteiger partial charge in [0.1, 0.15) is 13.2 Å². The minimum atomic E-state index is -4.21. The number of fused-ring (bicyclic) bond motifs is 1. The van der Waals surface area contributed by atoms with Gasteiger partial charge in [-0.25, -0.2) is 0 Å². The van der Waals surface area contributed by atoms with E-state index in [0.717, 1.165) is 5.56 Å². The predicted octanol–water partition coefficient (Wildman–Crippen LogP) is 2.43. The summed E-state index contributed by atoms with van der Waals surface area (Å²) in [5.41, 5.74) is 6.61. The van der Waals surface area contributed by atoms with E-state index in [1.165, 1.54) is 0 Å². The summed E-state index contributed by atoms with van der Waals surface area (Å²) in [7, 11) is 0. The van der Waals surface area contributed by atoms with E-state index < -0.39 is 18.6 Å². The highest BCUT2D eigenvalue weighted by Gasteiger charge is 2.26. The van der Waals surface area contributed by atoms with Crippen molar-refractivity contribution in [2.45, 2.75) is 18.6 Å². The van der Waals surface area contributed by atoms with Crippen molar-refractivity contribution in [2.24, 2.45) is 5.73 Å². The molecule has 1 aliphatic rings. The molecule has 0 spiro atoms. The molecule has 1 unspecified atom stereocenters. The van der Waals surface area contributed by atoms with Gasteiger partial charge in [-0.2, -0.15) is 13.2 Å². The lowest BCUT2D eigenvalue weighted by Crippen LogP contribution is -2.20. The summed E-state index contributed by atoms with van der Waals surface area (Å²) in [6, 6.07) is 4.72. The van der Waals surface area contributed by atoms with E-state index >= 15 is 0 Å². The Morgan fingerprint density at radius 1 is 1.20 bits per heavy atom. The first-order valence-corrected chi connectivity index (χ1v) is 6.25. The minimum Gasteiger partial charge on any atom is -0.486 e. The van der Waals surface area contributed by atoms with Gasteiger partial charge in [-0.1, -0.05) is 6.07 Å². The van der Waals surface area contributed by atoms with E-state index in [9.17, 15) is 13.2 Å². The van der Waals surface area contributed by atoms with Crippen LogP contribution >= 0.6 is 0 Å². The monoisotopic (exact) mass is 291 g/mol. The number of alkyl halides is 3. The number of hydrogen-bond acceptors (Lipinski definition) is 4. The van der Waals surface area contributed by atoms with Gasteiger partial charge in [-0.05, 0) is 17.7 Å². The molecule has 0 aliphatic carbocycles. The number of halogens is 3. The molecule has 0 bridgehead atoms. The number of nitrogens with two attached hydrogens (primary N) is 1. The number of rotatable bonds is 5. The standard InChI is InChI=1S/C13H16F3NO3/c14-13(15,16)3-4-18-8-10(17)9-1-2-11-12(7-9)20-6-5-19-11/h1-2,7,10H,3-6,8,17H2. The molecular weight excluding hydrogens is 275 g/mol. The van der Waals surface area contributed by atoms with Gasteiger partial charge in [0.2, 0.25) is 0 Å². The minimum absolute atomic E-state index is 0.0235. The fourth-order valence-electron chi connectivity index (χ4n) is 1.79. The average Bonchev–Trinajstić information content (AvgIpc) is 2.42. The van der Waals surface area contributed by atoms with Crippen LogP contribution in [-0.2, 0) is 4.74 Å². The number of benzene rings is 1. The third-order valence-electron chi connectivity index (χ3n) is 2.82. The fourth-order valence-corrected chi connectivity index (χ4v) is 1.79. The van der Waals surface area contributed by atoms with Crippen LogP contribution in [0.1, 0.15) is 18.0 Å². The summed E-state index contributed by atoms with van der Waals surface area (Å²) in [5.74, 6) is 1.24. The highest BCUT2D eigenvalue weighted by atomic mass is 19.4. The Morgan fingerprint density at radius 3 is 2.60 bits per heavy atom. The zero-order valence-electron chi connectivity index (χ0n) is 10.8. The van der Waals surface area contributed by atoms with Crippen LogP contribution in [0, 0.1) is 0 Å². The van der Waals surface area contributed by atoms with E-state index in [1.807, 2.05) is 0 Å². The molecule has 20 heavy (non-hydrogen) atoms. The van der Waals surface area contributed by atoms with Crippen LogP contribution in [0.4, 0.5) is 13.2 Å². The van der Waals surface area contributed by atoms with Crippen LogP contribution in [-0.4, -0.2) is 32.6 Å². The highest BCUT2D eigenvalue weighted by Crippen LogP contribution is 2.32. The van der Waals surface area contributed by atoms with Crippen molar-refractivity contribution < 1.29 is 27.4 Å². The van der Waals surface area contributed by atoms with E-state index in [0.29, 0.717) is 24.7 Å². The first kappa shape index (κ1) is 14.9. The zero-order valence-corrected chi connectivity index (χ0v) is 10.8. The normalized spacial score (nSPS) is 16.0. The van der Waals surface area contributed by atoms with Gasteiger partial charge in [-0.3, -0.25) is 0 Å². The smallest absolute Gasteiger partial charge is 0.391 e. The van der Waals surface area contributed by atoms with Crippen molar-refractivity contribution in [2.75, 3.05) is 26.4 Å². The number of ether oxygens (including phenoxy) is 3. The number of hydrogen-bond donors (Lipinski definition) is 1. The Labute approximate surface area is 114 Å². The lowest BCUT2D eigenvalue weighted by Gasteiger charge is -2.20. The second kappa shape index (κ2) is 6.32. The molecule has 1 atom stereocenters. The predicted molar refractivity (Wildman–Crippen MR) is 65.9 cm³/mol. The van der Waals surface area contributed by atoms with E-state index in [2.05, 4.69) is 0 Å². The molecular formula is C13H16F3NO3. The van der Waals surface area contributed by atoms with Gasteiger partial charge in [0.15, 0.2) is 11.5 Å². The van der Waals surface area contributed by atoms with E-state index in [1.54, 1.807) is 18.2 Å². The molecule has 7 heteroatoms. The lowest BCUT2D eigenvalue weighted by molar-refractivity contribution is -0.145. The van der Waals surface area contributed by atoms with Crippen LogP contribution < -0.4 is 15.2 Å². The quantitative estimate of drug-likeness (QED) is 0.847. The fraction of sp³-hybridized carbons (Fsp3) is 0.538. The Kier molecular flexibility index (Phi) is 4.72. The molecule has 0 fully saturated rings. The Balaban J connectivity index is 1.84. The van der Waals surface area contributed by atoms with Gasteiger partial charge in [-0.15, -0.1) is 0 Å². The van der Waals surface area contributed by atoms with Gasteiger partial charge in [0, 0.05) is 0 Å². The van der Waals surface area contributed by atoms with Crippen molar-refractivity contribution in [1.29, 1.82) is 0 Å². The van der Waals surface area contributed by atoms with Crippen molar-refractivity contribution in [1.82, 2.24) is 0 Å². The molecule has 1 aromatic carbocycles. The topological polar surface area (TPSA) is 53.7 Å². The summed E-state index contributed by atoms with van der Waals surface area (Å²) in [6.45, 7) is 0.601. The van der Waals surface area contributed by atoms with Crippen molar-refractivity contribution in [3.05, 3.63) is 23.8 Å². The van der Waals surface area contributed by atoms with Crippen LogP contribution in [0.25, 0.3) is 0 Å². The second-order valence-electron chi connectivity index (χ2n) is 4.45. The average molecular weight is 291 g/mol. The molecule has 1 aromatic rings. The molecule has 0 saturated heterocycles. The third kappa shape index (κ3) is 4.28. The van der Waals surface area contributed by atoms with Gasteiger partial charge in [0.25, 0.3) is 0 Å². The van der Waals surface area contributed by atoms with Crippen LogP contribution in [0.5, 0.6) is 11.5 Å². The van der Waals surface area contributed by atoms with Gasteiger partial charge < -0.3 is 19.9 Å². The SMILES string of the molecule is NC(COCCC(F)(F)F)c1ccc2c(c1)OCCO2. The Morgan fingerprint density at radius 2 is 1.90 bits per heavy atom. The highest BCUT2D eigenvalue weighted by molar-refractivity contribution is 5.44. The van der Waals surface area contributed by atoms with E-state index in [4.69, 9.17) is 19.9 Å². The maximum atomic E-state index is 11.9. The molecule has 1 aliphatic heterocycles. The molecule has 2 N–H and O–H groups in total. The summed E-state index contributed by atoms with van der Waals surface area (Å²) in [5, 5.41) is 0. The molecule has 0 aromatic heterocycles. The molecule has 0 saturated carbocycles. The van der Waals surface area contributed by atoms with Crippen LogP contribution in [0.3, 0.4) is 0 Å². The Hall–Kier alpha value is -1.47. The van der Waals surface area contributed by atoms with Crippen molar-refractivity contribution in [3.8, 4) is 11.5 Å². The second-order valence-corrected chi connectivity index (χ2v) is 4.45. The van der Waals surface area contributed by atoms with Crippen molar-refractivity contribution in [3.63, 3.8) is 0 Å². The molecule has 0 radical (unpaired) electrons. The van der Waals surface area contributed by atoms with Gasteiger partial charge >= 0.3 is 6.18 Å². The molecule has 0 amide bonds. The maximum absolute atomic E-state index is 11.9. The summed E-state index contributed by atoms with van der Waals surface area (Å²) in [4.78, 5) is 0. The lowest BCUT2D eigenvalue weighted by atomic mass is 10.1. The summed E-state index contributed by atoms with van der Waals surface area (Å²) < 4.78 is 51.6. The van der Waals surface area contributed by atoms with E-state index in [-0.39, 0.29) is 13.2 Å². The first-order valence-electron chi connectivity index (χ1n) is 6.25. The third-order valence-corrected chi connectivity index (χ3v) is 2.82. The molecule has 2 rings (SSSR count). The molecule has 4 nitrogen and oxygen atoms in total. The summed E-state index contributed by atoms with van der Waals surface area (Å²) >= 11 is 0. The Bertz CT molecular complexity index is 451. The maximum Gasteiger partial charge on any atom is 0.391 e. The largest absolute Gasteiger partial charge is 0.486 e. The van der Waals surface area contributed by atoms with Crippen LogP contribution in [0.2, 0.25) is 0 Å². The summed E-state index contributed by atoms with van der Waals surface area (Å²) in [6.07, 6.45) is -5.18. The van der Waals surface area contributed by atoms with Gasteiger partial charge in [0.05, 0.1) is 25.7 Å².